The van der Waals surface area contributed by atoms with Gasteiger partial charge in [-0.1, -0.05) is 70.2 Å². The van der Waals surface area contributed by atoms with Crippen LogP contribution in [0.5, 0.6) is 0 Å². The van der Waals surface area contributed by atoms with Gasteiger partial charge >= 0.3 is 6.09 Å². The van der Waals surface area contributed by atoms with Crippen molar-refractivity contribution in [2.45, 2.75) is 124 Å². The molecule has 0 radical (unpaired) electrons. The lowest BCUT2D eigenvalue weighted by Gasteiger charge is -2.35. The Bertz CT molecular complexity index is 887. The third-order valence-electron chi connectivity index (χ3n) is 6.54. The number of benzene rings is 1. The van der Waals surface area contributed by atoms with Crippen molar-refractivity contribution in [1.82, 2.24) is 15.5 Å². The maximum absolute atomic E-state index is 14.3. The quantitative estimate of drug-likeness (QED) is 0.204. The van der Waals surface area contributed by atoms with Gasteiger partial charge in [-0.2, -0.15) is 11.8 Å². The van der Waals surface area contributed by atoms with Crippen LogP contribution in [0.3, 0.4) is 0 Å². The first-order chi connectivity index (χ1) is 18.4. The molecule has 0 aliphatic rings. The molecular weight excluding hydrogens is 510 g/mol. The number of aryl methyl sites for hydroxylation is 1. The minimum atomic E-state index is -0.796. The van der Waals surface area contributed by atoms with Crippen LogP contribution in [-0.2, 0) is 14.3 Å². The SMILES string of the molecule is CCCCCCCN(C(=O)C(CCSC)NC(=O)OC(C)(C)C)C(C(=O)NC(C)CCC)c1ccccc1C. The normalized spacial score (nSPS) is 13.7. The van der Waals surface area contributed by atoms with Crippen LogP contribution in [0.25, 0.3) is 0 Å². The number of alkyl carbamates (subject to hydrolysis) is 1. The van der Waals surface area contributed by atoms with Gasteiger partial charge in [-0.15, -0.1) is 0 Å². The van der Waals surface area contributed by atoms with Crippen molar-refractivity contribution in [3.63, 3.8) is 0 Å². The van der Waals surface area contributed by atoms with E-state index in [0.29, 0.717) is 18.7 Å². The second-order valence-electron chi connectivity index (χ2n) is 11.4. The molecule has 1 aromatic carbocycles. The summed E-state index contributed by atoms with van der Waals surface area (Å²) in [5.74, 6) is 0.246. The Morgan fingerprint density at radius 2 is 1.64 bits per heavy atom. The minimum absolute atomic E-state index is 0.0114. The molecule has 0 spiro atoms. The van der Waals surface area contributed by atoms with E-state index in [9.17, 15) is 14.4 Å². The molecule has 0 saturated carbocycles. The van der Waals surface area contributed by atoms with Crippen molar-refractivity contribution in [2.75, 3.05) is 18.6 Å². The van der Waals surface area contributed by atoms with Gasteiger partial charge in [-0.3, -0.25) is 9.59 Å². The second-order valence-corrected chi connectivity index (χ2v) is 12.4. The van der Waals surface area contributed by atoms with Crippen LogP contribution < -0.4 is 10.6 Å². The van der Waals surface area contributed by atoms with Crippen molar-refractivity contribution < 1.29 is 19.1 Å². The number of unbranched alkanes of at least 4 members (excludes halogenated alkanes) is 4. The molecule has 3 atom stereocenters. The summed E-state index contributed by atoms with van der Waals surface area (Å²) >= 11 is 1.61. The predicted octanol–water partition coefficient (Wildman–Crippen LogP) is 6.79. The van der Waals surface area contributed by atoms with E-state index in [-0.39, 0.29) is 17.9 Å². The van der Waals surface area contributed by atoms with Gasteiger partial charge in [0.1, 0.15) is 17.7 Å². The number of rotatable bonds is 17. The van der Waals surface area contributed by atoms with E-state index in [1.807, 2.05) is 44.4 Å². The third-order valence-corrected chi connectivity index (χ3v) is 7.18. The summed E-state index contributed by atoms with van der Waals surface area (Å²) in [6.45, 7) is 14.1. The number of carbonyl (C=O) groups is 3. The van der Waals surface area contributed by atoms with Gasteiger partial charge in [-0.25, -0.2) is 4.79 Å². The molecule has 0 heterocycles. The predicted molar refractivity (Wildman–Crippen MR) is 163 cm³/mol. The number of thioether (sulfide) groups is 1. The van der Waals surface area contributed by atoms with Crippen LogP contribution >= 0.6 is 11.8 Å². The van der Waals surface area contributed by atoms with Crippen molar-refractivity contribution in [2.24, 2.45) is 0 Å². The van der Waals surface area contributed by atoms with Crippen LogP contribution in [0, 0.1) is 6.92 Å². The van der Waals surface area contributed by atoms with Crippen LogP contribution in [0.2, 0.25) is 0 Å². The molecule has 0 saturated heterocycles. The van der Waals surface area contributed by atoms with E-state index in [1.54, 1.807) is 37.4 Å². The molecule has 7 nitrogen and oxygen atoms in total. The zero-order valence-electron chi connectivity index (χ0n) is 25.6. The number of hydrogen-bond donors (Lipinski definition) is 2. The van der Waals surface area contributed by atoms with Crippen LogP contribution in [-0.4, -0.2) is 59.0 Å². The monoisotopic (exact) mass is 563 g/mol. The zero-order chi connectivity index (χ0) is 29.4. The van der Waals surface area contributed by atoms with Gasteiger partial charge < -0.3 is 20.3 Å². The summed E-state index contributed by atoms with van der Waals surface area (Å²) in [5.41, 5.74) is 1.07. The maximum atomic E-state index is 14.3. The van der Waals surface area contributed by atoms with Crippen molar-refractivity contribution in [1.29, 1.82) is 0 Å². The Kier molecular flexibility index (Phi) is 16.2. The van der Waals surface area contributed by atoms with Gasteiger partial charge in [-0.05, 0) is 77.0 Å². The molecule has 0 bridgehead atoms. The standard InChI is InChI=1S/C31H53N3O4S/c1-9-11-12-13-16-21-34(29(36)26(20-22-39-8)33-30(37)38-31(5,6)7)27(25-19-15-14-18-23(25)3)28(35)32-24(4)17-10-2/h14-15,18-19,24,26-27H,9-13,16-17,20-22H2,1-8H3,(H,32,35)(H,33,37). The van der Waals surface area contributed by atoms with Crippen LogP contribution in [0.1, 0.15) is 110 Å². The fraction of sp³-hybridized carbons (Fsp3) is 0.710. The van der Waals surface area contributed by atoms with Gasteiger partial charge in [0.15, 0.2) is 0 Å². The third kappa shape index (κ3) is 13.1. The van der Waals surface area contributed by atoms with Gasteiger partial charge in [0.2, 0.25) is 11.8 Å². The Labute approximate surface area is 241 Å². The Balaban J connectivity index is 3.47. The maximum Gasteiger partial charge on any atom is 0.408 e. The highest BCUT2D eigenvalue weighted by Gasteiger charge is 2.36. The Morgan fingerprint density at radius 3 is 2.23 bits per heavy atom. The number of amides is 3. The molecule has 0 aromatic heterocycles. The second kappa shape index (κ2) is 18.2. The molecule has 0 fully saturated rings. The highest BCUT2D eigenvalue weighted by Crippen LogP contribution is 2.27. The summed E-state index contributed by atoms with van der Waals surface area (Å²) in [4.78, 5) is 42.6. The van der Waals surface area contributed by atoms with Gasteiger partial charge in [0, 0.05) is 12.6 Å². The number of nitrogens with one attached hydrogen (secondary N) is 2. The van der Waals surface area contributed by atoms with E-state index in [2.05, 4.69) is 24.5 Å². The van der Waals surface area contributed by atoms with Gasteiger partial charge in [0.25, 0.3) is 0 Å². The molecule has 8 heteroatoms. The van der Waals surface area contributed by atoms with Crippen molar-refractivity contribution in [3.05, 3.63) is 35.4 Å². The summed E-state index contributed by atoms with van der Waals surface area (Å²) in [6.07, 6.45) is 8.70. The fourth-order valence-corrected chi connectivity index (χ4v) is 5.04. The first kappa shape index (κ1) is 34.8. The van der Waals surface area contributed by atoms with E-state index in [0.717, 1.165) is 56.1 Å². The number of carbonyl (C=O) groups excluding carboxylic acids is 3. The number of ether oxygens (including phenoxy) is 1. The summed E-state index contributed by atoms with van der Waals surface area (Å²) in [7, 11) is 0. The summed E-state index contributed by atoms with van der Waals surface area (Å²) < 4.78 is 5.49. The highest BCUT2D eigenvalue weighted by molar-refractivity contribution is 7.98. The molecule has 0 aliphatic carbocycles. The average Bonchev–Trinajstić information content (AvgIpc) is 2.85. The number of nitrogens with zero attached hydrogens (tertiary/aromatic N) is 1. The average molecular weight is 564 g/mol. The lowest BCUT2D eigenvalue weighted by atomic mass is 9.97. The highest BCUT2D eigenvalue weighted by atomic mass is 32.2. The minimum Gasteiger partial charge on any atom is -0.444 e. The van der Waals surface area contributed by atoms with E-state index in [4.69, 9.17) is 4.74 Å². The Morgan fingerprint density at radius 1 is 0.974 bits per heavy atom. The molecule has 3 unspecified atom stereocenters. The summed E-state index contributed by atoms with van der Waals surface area (Å²) in [5, 5.41) is 5.98. The lowest BCUT2D eigenvalue weighted by Crippen LogP contribution is -2.54. The molecule has 3 amide bonds. The lowest BCUT2D eigenvalue weighted by molar-refractivity contribution is -0.143. The largest absolute Gasteiger partial charge is 0.444 e. The molecule has 1 aromatic rings. The topological polar surface area (TPSA) is 87.7 Å². The van der Waals surface area contributed by atoms with E-state index in [1.165, 1.54) is 0 Å². The molecule has 222 valence electrons. The molecule has 39 heavy (non-hydrogen) atoms. The first-order valence-electron chi connectivity index (χ1n) is 14.6. The molecule has 1 rings (SSSR count). The molecule has 2 N–H and O–H groups in total. The van der Waals surface area contributed by atoms with E-state index < -0.39 is 23.8 Å². The first-order valence-corrected chi connectivity index (χ1v) is 16.0. The smallest absolute Gasteiger partial charge is 0.408 e. The Hall–Kier alpha value is -2.22. The van der Waals surface area contributed by atoms with Crippen molar-refractivity contribution >= 4 is 29.7 Å². The van der Waals surface area contributed by atoms with E-state index >= 15 is 0 Å². The van der Waals surface area contributed by atoms with Gasteiger partial charge in [0.05, 0.1) is 0 Å². The molecule has 0 aliphatic heterocycles. The fourth-order valence-electron chi connectivity index (χ4n) is 4.57. The zero-order valence-corrected chi connectivity index (χ0v) is 26.4. The van der Waals surface area contributed by atoms with Crippen LogP contribution in [0.4, 0.5) is 4.79 Å². The molecular formula is C31H53N3O4S. The summed E-state index contributed by atoms with van der Waals surface area (Å²) in [6, 6.07) is 6.15. The number of hydrogen-bond acceptors (Lipinski definition) is 5. The van der Waals surface area contributed by atoms with Crippen LogP contribution in [0.15, 0.2) is 24.3 Å². The van der Waals surface area contributed by atoms with Crippen molar-refractivity contribution in [3.8, 4) is 0 Å².